The molecular weight excluding hydrogens is 598 g/mol. The van der Waals surface area contributed by atoms with Gasteiger partial charge in [-0.2, -0.15) is 0 Å². The number of nitrogens with zero attached hydrogens (tertiary/aromatic N) is 3. The Labute approximate surface area is 283 Å². The second-order valence-electron chi connectivity index (χ2n) is 14.9. The molecule has 6 unspecified atom stereocenters. The third kappa shape index (κ3) is 8.85. The van der Waals surface area contributed by atoms with Gasteiger partial charge in [-0.1, -0.05) is 45.3 Å². The number of fused-ring (bicyclic) bond motifs is 1. The number of allylic oxidation sites excluding steroid dienone is 1. The zero-order valence-corrected chi connectivity index (χ0v) is 29.5. The second kappa shape index (κ2) is 16.6. The van der Waals surface area contributed by atoms with E-state index >= 15 is 0 Å². The minimum Gasteiger partial charge on any atom is -0.387 e. The molecule has 3 saturated heterocycles. The molecule has 1 saturated carbocycles. The molecule has 7 N–H and O–H groups in total. The Bertz CT molecular complexity index is 1070. The number of carbonyl (C=O) groups excluding carboxylic acids is 1. The molecule has 10 nitrogen and oxygen atoms in total. The molecule has 11 heteroatoms. The number of hydrogen-bond acceptors (Lipinski definition) is 8. The smallest absolute Gasteiger partial charge is 0.232 e. The summed E-state index contributed by atoms with van der Waals surface area (Å²) in [6.45, 7) is 16.2. The number of nitrogens with two attached hydrogens (primary N) is 1. The molecule has 6 atom stereocenters. The number of amides is 1. The molecule has 1 amide bonds. The normalized spacial score (nSPS) is 28.9. The highest BCUT2D eigenvalue weighted by Gasteiger charge is 2.37. The van der Waals surface area contributed by atoms with Crippen molar-refractivity contribution >= 4 is 23.3 Å². The first-order chi connectivity index (χ1) is 22.2. The molecule has 46 heavy (non-hydrogen) atoms. The van der Waals surface area contributed by atoms with Gasteiger partial charge in [0.15, 0.2) is 0 Å². The van der Waals surface area contributed by atoms with E-state index in [2.05, 4.69) is 68.0 Å². The fourth-order valence-corrected chi connectivity index (χ4v) is 9.06. The van der Waals surface area contributed by atoms with Crippen molar-refractivity contribution < 1.29 is 4.79 Å². The average Bonchev–Trinajstić information content (AvgIpc) is 3.76. The number of hydrogen-bond donors (Lipinski definition) is 6. The summed E-state index contributed by atoms with van der Waals surface area (Å²) < 4.78 is 0. The van der Waals surface area contributed by atoms with Gasteiger partial charge in [-0.05, 0) is 56.4 Å². The zero-order valence-electron chi connectivity index (χ0n) is 28.7. The summed E-state index contributed by atoms with van der Waals surface area (Å²) in [7, 11) is 0. The summed E-state index contributed by atoms with van der Waals surface area (Å²) in [5.74, 6) is -0.364. The number of halogens is 1. The van der Waals surface area contributed by atoms with Crippen LogP contribution in [0.3, 0.4) is 0 Å². The summed E-state index contributed by atoms with van der Waals surface area (Å²) in [6.07, 6.45) is 16.6. The largest absolute Gasteiger partial charge is 0.387 e. The molecule has 0 spiro atoms. The van der Waals surface area contributed by atoms with E-state index in [0.29, 0.717) is 25.2 Å². The predicted octanol–water partition coefficient (Wildman–Crippen LogP) is 2.66. The quantitative estimate of drug-likeness (QED) is 0.0728. The van der Waals surface area contributed by atoms with Gasteiger partial charge in [-0.15, -0.1) is 11.6 Å². The summed E-state index contributed by atoms with van der Waals surface area (Å²) in [4.78, 5) is 21.5. The van der Waals surface area contributed by atoms with E-state index in [0.717, 1.165) is 71.1 Å². The van der Waals surface area contributed by atoms with Crippen LogP contribution in [0.2, 0.25) is 0 Å². The maximum absolute atomic E-state index is 13.7. The molecule has 5 aliphatic rings. The number of piperidine rings is 1. The number of amidine groups is 1. The van der Waals surface area contributed by atoms with E-state index in [-0.39, 0.29) is 34.6 Å². The third-order valence-electron chi connectivity index (χ3n) is 11.7. The van der Waals surface area contributed by atoms with Crippen molar-refractivity contribution in [1.82, 2.24) is 36.0 Å². The standard InChI is InChI=1S/C35H62ClN9O/c1-4-13-35(3,26-7-5-6-8-26)14-9-27(36)20-41-25(2)32(33(37)38)34(46)42-30-22-39-15-10-31(30)43-16-11-28(12-17-43)44-18-19-45-24-40-21-29(45)23-44/h9-10,14,25-30,32,39-41H,4-8,11-13,15-24H2,1-3H3,(H3,37,38)(H,42,46)/b14-9-. The van der Waals surface area contributed by atoms with Crippen LogP contribution in [-0.2, 0) is 4.79 Å². The number of rotatable bonds is 14. The van der Waals surface area contributed by atoms with Crippen LogP contribution in [0.4, 0.5) is 0 Å². The molecular formula is C35H62ClN9O. The van der Waals surface area contributed by atoms with Crippen molar-refractivity contribution in [2.24, 2.45) is 23.0 Å². The number of piperazine rings is 1. The van der Waals surface area contributed by atoms with E-state index in [4.69, 9.17) is 22.7 Å². The summed E-state index contributed by atoms with van der Waals surface area (Å²) in [5.41, 5.74) is 7.43. The van der Waals surface area contributed by atoms with Crippen molar-refractivity contribution in [2.75, 3.05) is 65.6 Å². The van der Waals surface area contributed by atoms with Crippen LogP contribution in [0.15, 0.2) is 23.9 Å². The number of alkyl halides is 1. The number of carbonyl (C=O) groups is 1. The molecule has 0 bridgehead atoms. The summed E-state index contributed by atoms with van der Waals surface area (Å²) in [5, 5.41) is 21.7. The molecule has 5 rings (SSSR count). The number of likely N-dealkylation sites (tertiary alicyclic amines) is 1. The van der Waals surface area contributed by atoms with Gasteiger partial charge >= 0.3 is 0 Å². The molecule has 0 aromatic heterocycles. The molecule has 260 valence electrons. The van der Waals surface area contributed by atoms with Crippen molar-refractivity contribution in [3.05, 3.63) is 23.9 Å². The number of nitrogens with one attached hydrogen (secondary N) is 5. The first-order valence-electron chi connectivity index (χ1n) is 18.2. The van der Waals surface area contributed by atoms with E-state index in [1.165, 1.54) is 44.3 Å². The van der Waals surface area contributed by atoms with Crippen LogP contribution in [0.5, 0.6) is 0 Å². The Hall–Kier alpha value is -1.69. The van der Waals surface area contributed by atoms with Gasteiger partial charge in [-0.25, -0.2) is 0 Å². The van der Waals surface area contributed by atoms with Gasteiger partial charge < -0.3 is 31.9 Å². The second-order valence-corrected chi connectivity index (χ2v) is 15.4. The van der Waals surface area contributed by atoms with E-state index in [1.807, 2.05) is 6.92 Å². The molecule has 0 aromatic carbocycles. The van der Waals surface area contributed by atoms with Crippen molar-refractivity contribution in [2.45, 2.75) is 102 Å². The van der Waals surface area contributed by atoms with E-state index in [9.17, 15) is 4.79 Å². The molecule has 0 aromatic rings. The Morgan fingerprint density at radius 1 is 1.13 bits per heavy atom. The highest BCUT2D eigenvalue weighted by atomic mass is 35.5. The van der Waals surface area contributed by atoms with Crippen LogP contribution in [0.1, 0.15) is 72.1 Å². The van der Waals surface area contributed by atoms with Gasteiger partial charge in [0.2, 0.25) is 5.91 Å². The maximum atomic E-state index is 13.7. The fourth-order valence-electron chi connectivity index (χ4n) is 8.90. The maximum Gasteiger partial charge on any atom is 0.232 e. The lowest BCUT2D eigenvalue weighted by molar-refractivity contribution is -0.124. The van der Waals surface area contributed by atoms with Crippen LogP contribution < -0.4 is 27.0 Å². The Kier molecular flexibility index (Phi) is 12.9. The summed E-state index contributed by atoms with van der Waals surface area (Å²) >= 11 is 6.78. The molecule has 4 aliphatic heterocycles. The SMILES string of the molecule is CCCC(C)(/C=C\C(Cl)CNC(C)C(C(=N)N)C(=O)NC1CNCC=C1N1CCC(N2CCN3CNCC3C2)CC1)C1CCCC1. The van der Waals surface area contributed by atoms with Crippen molar-refractivity contribution in [3.8, 4) is 0 Å². The minimum atomic E-state index is -0.769. The Morgan fingerprint density at radius 3 is 2.59 bits per heavy atom. The molecule has 4 heterocycles. The Balaban J connectivity index is 1.11. The van der Waals surface area contributed by atoms with Gasteiger partial charge in [0.05, 0.1) is 11.4 Å². The Morgan fingerprint density at radius 2 is 1.87 bits per heavy atom. The van der Waals surface area contributed by atoms with Crippen molar-refractivity contribution in [1.29, 1.82) is 5.41 Å². The topological polar surface area (TPSA) is 125 Å². The van der Waals surface area contributed by atoms with Crippen LogP contribution in [0, 0.1) is 22.7 Å². The van der Waals surface area contributed by atoms with Gasteiger partial charge in [0.25, 0.3) is 0 Å². The zero-order chi connectivity index (χ0) is 32.7. The van der Waals surface area contributed by atoms with Crippen LogP contribution in [0.25, 0.3) is 0 Å². The molecule has 4 fully saturated rings. The average molecular weight is 660 g/mol. The van der Waals surface area contributed by atoms with Gasteiger partial charge in [0.1, 0.15) is 11.8 Å². The highest BCUT2D eigenvalue weighted by Crippen LogP contribution is 2.44. The minimum absolute atomic E-state index is 0.122. The lowest BCUT2D eigenvalue weighted by Gasteiger charge is -2.46. The van der Waals surface area contributed by atoms with Gasteiger partial charge in [-0.3, -0.25) is 20.0 Å². The lowest BCUT2D eigenvalue weighted by Crippen LogP contribution is -2.58. The monoisotopic (exact) mass is 659 g/mol. The first-order valence-corrected chi connectivity index (χ1v) is 18.7. The molecule has 1 aliphatic carbocycles. The van der Waals surface area contributed by atoms with Crippen LogP contribution >= 0.6 is 11.6 Å². The van der Waals surface area contributed by atoms with Crippen molar-refractivity contribution in [3.63, 3.8) is 0 Å². The highest BCUT2D eigenvalue weighted by molar-refractivity contribution is 6.22. The predicted molar refractivity (Wildman–Crippen MR) is 189 cm³/mol. The van der Waals surface area contributed by atoms with Gasteiger partial charge in [0, 0.05) is 89.4 Å². The first kappa shape index (κ1) is 35.6. The van der Waals surface area contributed by atoms with Crippen LogP contribution in [-0.4, -0.2) is 122 Å². The fraction of sp³-hybridized carbons (Fsp3) is 0.829. The summed E-state index contributed by atoms with van der Waals surface area (Å²) in [6, 6.07) is 0.821. The lowest BCUT2D eigenvalue weighted by atomic mass is 9.72. The molecule has 0 radical (unpaired) electrons. The van der Waals surface area contributed by atoms with E-state index in [1.54, 1.807) is 0 Å². The van der Waals surface area contributed by atoms with E-state index < -0.39 is 5.92 Å². The third-order valence-corrected chi connectivity index (χ3v) is 12.0.